The summed E-state index contributed by atoms with van der Waals surface area (Å²) in [5.74, 6) is 0.577. The fraction of sp³-hybridized carbons (Fsp3) is 0.500. The van der Waals surface area contributed by atoms with E-state index in [-0.39, 0.29) is 0 Å². The van der Waals surface area contributed by atoms with Crippen LogP contribution in [0.2, 0.25) is 0 Å². The Morgan fingerprint density at radius 1 is 1.10 bits per heavy atom. The van der Waals surface area contributed by atoms with Crippen molar-refractivity contribution in [3.63, 3.8) is 0 Å². The number of hydrogen-bond donors (Lipinski definition) is 1. The van der Waals surface area contributed by atoms with E-state index < -0.39 is 0 Å². The molecule has 0 saturated heterocycles. The summed E-state index contributed by atoms with van der Waals surface area (Å²) in [6.45, 7) is 7.47. The molecule has 2 rings (SSSR count). The molecule has 0 spiro atoms. The normalized spacial score (nSPS) is 12.8. The summed E-state index contributed by atoms with van der Waals surface area (Å²) < 4.78 is 2.04. The van der Waals surface area contributed by atoms with Gasteiger partial charge in [0, 0.05) is 12.2 Å². The molecular weight excluding hydrogens is 258 g/mol. The number of aromatic nitrogens is 2. The van der Waals surface area contributed by atoms with E-state index in [1.807, 2.05) is 11.7 Å². The Balaban J connectivity index is 2.02. The van der Waals surface area contributed by atoms with Crippen LogP contribution in [0.15, 0.2) is 36.5 Å². The molecule has 1 heterocycles. The highest BCUT2D eigenvalue weighted by Gasteiger charge is 2.12. The first-order valence-electron chi connectivity index (χ1n) is 7.82. The van der Waals surface area contributed by atoms with E-state index >= 15 is 0 Å². The van der Waals surface area contributed by atoms with Crippen molar-refractivity contribution in [3.8, 4) is 0 Å². The van der Waals surface area contributed by atoms with Gasteiger partial charge < -0.3 is 5.32 Å². The Bertz CT molecular complexity index is 540. The molecule has 0 amide bonds. The maximum atomic E-state index is 4.68. The van der Waals surface area contributed by atoms with Gasteiger partial charge in [0.15, 0.2) is 0 Å². The zero-order chi connectivity index (χ0) is 15.2. The summed E-state index contributed by atoms with van der Waals surface area (Å²) in [6, 6.07) is 11.4. The van der Waals surface area contributed by atoms with Crippen molar-refractivity contribution in [3.05, 3.63) is 53.3 Å². The van der Waals surface area contributed by atoms with Crippen LogP contribution in [0.4, 0.5) is 0 Å². The molecule has 0 bridgehead atoms. The Kier molecular flexibility index (Phi) is 5.57. The summed E-state index contributed by atoms with van der Waals surface area (Å²) in [6.07, 6.45) is 4.20. The highest BCUT2D eigenvalue weighted by atomic mass is 15.3. The number of hydrogen-bond acceptors (Lipinski definition) is 2. The van der Waals surface area contributed by atoms with E-state index in [1.165, 1.54) is 16.8 Å². The van der Waals surface area contributed by atoms with Gasteiger partial charge in [0.25, 0.3) is 0 Å². The van der Waals surface area contributed by atoms with Crippen molar-refractivity contribution in [2.24, 2.45) is 5.92 Å². The van der Waals surface area contributed by atoms with Gasteiger partial charge in [-0.05, 0) is 64.8 Å². The minimum Gasteiger partial charge on any atom is -0.319 e. The minimum atomic E-state index is 0.429. The Morgan fingerprint density at radius 3 is 2.38 bits per heavy atom. The van der Waals surface area contributed by atoms with Gasteiger partial charge in [-0.15, -0.1) is 0 Å². The summed E-state index contributed by atoms with van der Waals surface area (Å²) in [4.78, 5) is 0. The molecule has 1 unspecified atom stereocenters. The van der Waals surface area contributed by atoms with Crippen LogP contribution in [0.25, 0.3) is 0 Å². The number of aryl methyl sites for hydroxylation is 1. The lowest BCUT2D eigenvalue weighted by Gasteiger charge is -2.16. The Morgan fingerprint density at radius 2 is 1.81 bits per heavy atom. The van der Waals surface area contributed by atoms with Crippen LogP contribution in [0.1, 0.15) is 36.7 Å². The number of nitrogens with zero attached hydrogens (tertiary/aromatic N) is 2. The minimum absolute atomic E-state index is 0.429. The topological polar surface area (TPSA) is 29.9 Å². The average Bonchev–Trinajstić information content (AvgIpc) is 2.90. The highest BCUT2D eigenvalue weighted by Crippen LogP contribution is 2.15. The van der Waals surface area contributed by atoms with E-state index in [0.717, 1.165) is 19.4 Å². The monoisotopic (exact) mass is 285 g/mol. The molecule has 114 valence electrons. The second-order valence-corrected chi connectivity index (χ2v) is 6.20. The van der Waals surface area contributed by atoms with Gasteiger partial charge in [-0.2, -0.15) is 5.10 Å². The molecule has 21 heavy (non-hydrogen) atoms. The molecule has 0 saturated carbocycles. The van der Waals surface area contributed by atoms with Crippen molar-refractivity contribution in [1.29, 1.82) is 0 Å². The highest BCUT2D eigenvalue weighted by molar-refractivity contribution is 5.22. The van der Waals surface area contributed by atoms with Crippen LogP contribution in [0.3, 0.4) is 0 Å². The van der Waals surface area contributed by atoms with Gasteiger partial charge in [-0.1, -0.05) is 29.8 Å². The van der Waals surface area contributed by atoms with Gasteiger partial charge in [0.05, 0.1) is 5.69 Å². The fourth-order valence-corrected chi connectivity index (χ4v) is 2.63. The second-order valence-electron chi connectivity index (χ2n) is 6.20. The molecule has 0 aliphatic rings. The van der Waals surface area contributed by atoms with Gasteiger partial charge in [-0.25, -0.2) is 0 Å². The predicted molar refractivity (Wildman–Crippen MR) is 88.6 cm³/mol. The zero-order valence-electron chi connectivity index (χ0n) is 13.6. The van der Waals surface area contributed by atoms with Crippen LogP contribution >= 0.6 is 0 Å². The molecule has 1 aromatic heterocycles. The van der Waals surface area contributed by atoms with Crippen molar-refractivity contribution >= 4 is 0 Å². The van der Waals surface area contributed by atoms with Crippen LogP contribution in [0.5, 0.6) is 0 Å². The van der Waals surface area contributed by atoms with E-state index in [0.29, 0.717) is 12.0 Å². The summed E-state index contributed by atoms with van der Waals surface area (Å²) >= 11 is 0. The molecule has 3 heteroatoms. The van der Waals surface area contributed by atoms with E-state index in [9.17, 15) is 0 Å². The molecule has 1 N–H and O–H groups in total. The lowest BCUT2D eigenvalue weighted by Crippen LogP contribution is -2.23. The van der Waals surface area contributed by atoms with Gasteiger partial charge in [-0.3, -0.25) is 4.68 Å². The van der Waals surface area contributed by atoms with Crippen LogP contribution < -0.4 is 5.32 Å². The summed E-state index contributed by atoms with van der Waals surface area (Å²) in [7, 11) is 2.02. The van der Waals surface area contributed by atoms with Crippen molar-refractivity contribution < 1.29 is 0 Å². The SMILES string of the molecule is CNCC(Cc1ccc(C)cc1)Cc1ccn(C(C)C)n1. The van der Waals surface area contributed by atoms with Crippen molar-refractivity contribution in [1.82, 2.24) is 15.1 Å². The summed E-state index contributed by atoms with van der Waals surface area (Å²) in [5.41, 5.74) is 3.92. The van der Waals surface area contributed by atoms with E-state index in [4.69, 9.17) is 0 Å². The third-order valence-electron chi connectivity index (χ3n) is 3.83. The smallest absolute Gasteiger partial charge is 0.0628 e. The molecule has 0 fully saturated rings. The van der Waals surface area contributed by atoms with Gasteiger partial charge in [0.2, 0.25) is 0 Å². The van der Waals surface area contributed by atoms with Crippen LogP contribution in [-0.2, 0) is 12.8 Å². The third-order valence-corrected chi connectivity index (χ3v) is 3.83. The van der Waals surface area contributed by atoms with Crippen LogP contribution in [0, 0.1) is 12.8 Å². The molecule has 3 nitrogen and oxygen atoms in total. The van der Waals surface area contributed by atoms with E-state index in [1.54, 1.807) is 0 Å². The Labute approximate surface area is 128 Å². The Hall–Kier alpha value is -1.61. The first kappa shape index (κ1) is 15.8. The molecule has 0 aliphatic heterocycles. The standard InChI is InChI=1S/C18H27N3/c1-14(2)21-10-9-18(20-21)12-17(13-19-4)11-16-7-5-15(3)6-8-16/h5-10,14,17,19H,11-13H2,1-4H3. The number of benzene rings is 1. The molecule has 1 aromatic carbocycles. The molecule has 0 aliphatic carbocycles. The number of rotatable bonds is 7. The molecule has 1 atom stereocenters. The number of nitrogens with one attached hydrogen (secondary N) is 1. The quantitative estimate of drug-likeness (QED) is 0.845. The molecule has 0 radical (unpaired) electrons. The molecule has 2 aromatic rings. The van der Waals surface area contributed by atoms with Gasteiger partial charge in [0.1, 0.15) is 0 Å². The summed E-state index contributed by atoms with van der Waals surface area (Å²) in [5, 5.41) is 7.99. The first-order chi connectivity index (χ1) is 10.1. The second kappa shape index (κ2) is 7.41. The lowest BCUT2D eigenvalue weighted by molar-refractivity contribution is 0.474. The molecular formula is C18H27N3. The maximum absolute atomic E-state index is 4.68. The fourth-order valence-electron chi connectivity index (χ4n) is 2.63. The van der Waals surface area contributed by atoms with E-state index in [2.05, 4.69) is 67.7 Å². The van der Waals surface area contributed by atoms with Gasteiger partial charge >= 0.3 is 0 Å². The zero-order valence-corrected chi connectivity index (χ0v) is 13.6. The lowest BCUT2D eigenvalue weighted by atomic mass is 9.94. The maximum Gasteiger partial charge on any atom is 0.0628 e. The first-order valence-corrected chi connectivity index (χ1v) is 7.82. The average molecular weight is 285 g/mol. The predicted octanol–water partition coefficient (Wildman–Crippen LogP) is 3.39. The van der Waals surface area contributed by atoms with Crippen molar-refractivity contribution in [2.75, 3.05) is 13.6 Å². The largest absolute Gasteiger partial charge is 0.319 e. The third kappa shape index (κ3) is 4.71. The van der Waals surface area contributed by atoms with Crippen molar-refractivity contribution in [2.45, 2.75) is 39.7 Å². The van der Waals surface area contributed by atoms with Crippen LogP contribution in [-0.4, -0.2) is 23.4 Å².